The molecule has 0 radical (unpaired) electrons. The minimum absolute atomic E-state index is 0.0288. The number of carbonyl (C=O) groups is 2. The van der Waals surface area contributed by atoms with Gasteiger partial charge in [0.1, 0.15) is 5.37 Å². The summed E-state index contributed by atoms with van der Waals surface area (Å²) < 4.78 is 0. The van der Waals surface area contributed by atoms with Gasteiger partial charge in [-0.25, -0.2) is 0 Å². The number of benzene rings is 3. The Kier molecular flexibility index (Phi) is 7.50. The Morgan fingerprint density at radius 2 is 1.49 bits per heavy atom. The van der Waals surface area contributed by atoms with Gasteiger partial charge in [-0.3, -0.25) is 14.5 Å². The van der Waals surface area contributed by atoms with Crippen molar-refractivity contribution < 1.29 is 9.59 Å². The number of amides is 2. The molecule has 2 aliphatic heterocycles. The van der Waals surface area contributed by atoms with Crippen LogP contribution >= 0.6 is 11.8 Å². The van der Waals surface area contributed by atoms with Crippen molar-refractivity contribution >= 4 is 23.6 Å². The quantitative estimate of drug-likeness (QED) is 0.489. The third-order valence-electron chi connectivity index (χ3n) is 6.70. The van der Waals surface area contributed by atoms with Crippen molar-refractivity contribution in [3.05, 3.63) is 107 Å². The minimum atomic E-state index is -0.0889. The lowest BCUT2D eigenvalue weighted by atomic mass is 10.1. The summed E-state index contributed by atoms with van der Waals surface area (Å²) in [5, 5.41) is 3.00. The first-order valence-corrected chi connectivity index (χ1v) is 13.3. The Morgan fingerprint density at radius 3 is 2.20 bits per heavy atom. The van der Waals surface area contributed by atoms with E-state index in [2.05, 4.69) is 34.5 Å². The zero-order valence-electron chi connectivity index (χ0n) is 19.9. The number of nitrogens with zero attached hydrogens (tertiary/aromatic N) is 2. The van der Waals surface area contributed by atoms with Crippen LogP contribution < -0.4 is 5.32 Å². The van der Waals surface area contributed by atoms with Crippen molar-refractivity contribution in [3.63, 3.8) is 0 Å². The third kappa shape index (κ3) is 5.95. The highest BCUT2D eigenvalue weighted by Gasteiger charge is 2.32. The average Bonchev–Trinajstić information content (AvgIpc) is 3.54. The fourth-order valence-corrected chi connectivity index (χ4v) is 5.91. The number of thioether (sulfide) groups is 1. The zero-order valence-corrected chi connectivity index (χ0v) is 20.7. The molecule has 35 heavy (non-hydrogen) atoms. The molecule has 1 N–H and O–H groups in total. The Bertz CT molecular complexity index is 1140. The van der Waals surface area contributed by atoms with Gasteiger partial charge in [-0.1, -0.05) is 66.7 Å². The van der Waals surface area contributed by atoms with Gasteiger partial charge in [-0.2, -0.15) is 0 Å². The van der Waals surface area contributed by atoms with E-state index in [0.717, 1.165) is 23.2 Å². The molecule has 6 heteroatoms. The van der Waals surface area contributed by atoms with Gasteiger partial charge in [0.25, 0.3) is 5.91 Å². The number of rotatable bonds is 8. The Morgan fingerprint density at radius 1 is 0.829 bits per heavy atom. The number of carbonyl (C=O) groups excluding carboxylic acids is 2. The van der Waals surface area contributed by atoms with Crippen LogP contribution in [0.15, 0.2) is 78.9 Å². The minimum Gasteiger partial charge on any atom is -0.348 e. The maximum atomic E-state index is 12.7. The van der Waals surface area contributed by atoms with Gasteiger partial charge in [-0.05, 0) is 60.3 Å². The van der Waals surface area contributed by atoms with E-state index in [1.54, 1.807) is 11.8 Å². The standard InChI is InChI=1S/C29H31N3O2S/c33-27-21-35-29(32(27)20-23-6-2-1-3-7-23)26-14-12-25(13-15-26)28(34)30-18-22-8-10-24(11-9-22)19-31-16-4-5-17-31/h1-3,6-15,29H,4-5,16-21H2,(H,30,34)/t29-/m0/s1. The molecule has 1 atom stereocenters. The third-order valence-corrected chi connectivity index (χ3v) is 7.96. The van der Waals surface area contributed by atoms with Crippen LogP contribution in [-0.4, -0.2) is 40.5 Å². The van der Waals surface area contributed by atoms with Gasteiger partial charge in [0.15, 0.2) is 0 Å². The van der Waals surface area contributed by atoms with Crippen LogP contribution in [0.3, 0.4) is 0 Å². The Labute approximate surface area is 211 Å². The number of nitrogens with one attached hydrogen (secondary N) is 1. The monoisotopic (exact) mass is 485 g/mol. The second-order valence-corrected chi connectivity index (χ2v) is 10.3. The number of hydrogen-bond donors (Lipinski definition) is 1. The molecule has 2 heterocycles. The van der Waals surface area contributed by atoms with Gasteiger partial charge in [0.05, 0.1) is 5.75 Å². The molecular formula is C29H31N3O2S. The van der Waals surface area contributed by atoms with E-state index in [-0.39, 0.29) is 17.2 Å². The van der Waals surface area contributed by atoms with E-state index in [1.807, 2.05) is 59.5 Å². The van der Waals surface area contributed by atoms with E-state index in [0.29, 0.717) is 24.4 Å². The van der Waals surface area contributed by atoms with Crippen LogP contribution in [0.25, 0.3) is 0 Å². The summed E-state index contributed by atoms with van der Waals surface area (Å²) >= 11 is 1.64. The van der Waals surface area contributed by atoms with Gasteiger partial charge < -0.3 is 10.2 Å². The van der Waals surface area contributed by atoms with Crippen molar-refractivity contribution in [2.24, 2.45) is 0 Å². The lowest BCUT2D eigenvalue weighted by Gasteiger charge is -2.24. The molecule has 3 aromatic carbocycles. The highest BCUT2D eigenvalue weighted by molar-refractivity contribution is 8.00. The summed E-state index contributed by atoms with van der Waals surface area (Å²) in [5.74, 6) is 0.544. The van der Waals surface area contributed by atoms with Gasteiger partial charge in [-0.15, -0.1) is 11.8 Å². The van der Waals surface area contributed by atoms with Crippen LogP contribution in [0.2, 0.25) is 0 Å². The summed E-state index contributed by atoms with van der Waals surface area (Å²) in [6.45, 7) is 4.49. The van der Waals surface area contributed by atoms with E-state index in [4.69, 9.17) is 0 Å². The molecule has 0 aromatic heterocycles. The highest BCUT2D eigenvalue weighted by Crippen LogP contribution is 2.39. The van der Waals surface area contributed by atoms with Crippen molar-refractivity contribution in [3.8, 4) is 0 Å². The second-order valence-electron chi connectivity index (χ2n) is 9.28. The molecular weight excluding hydrogens is 454 g/mol. The smallest absolute Gasteiger partial charge is 0.251 e. The van der Waals surface area contributed by atoms with Crippen LogP contribution in [0.1, 0.15) is 50.8 Å². The molecule has 5 nitrogen and oxygen atoms in total. The summed E-state index contributed by atoms with van der Waals surface area (Å²) in [6.07, 6.45) is 2.60. The normalized spacial score (nSPS) is 18.2. The fraction of sp³-hybridized carbons (Fsp3) is 0.310. The first-order chi connectivity index (χ1) is 17.2. The highest BCUT2D eigenvalue weighted by atomic mass is 32.2. The number of likely N-dealkylation sites (tertiary alicyclic amines) is 1. The van der Waals surface area contributed by atoms with Crippen molar-refractivity contribution in [1.29, 1.82) is 0 Å². The molecule has 180 valence electrons. The number of hydrogen-bond acceptors (Lipinski definition) is 4. The molecule has 2 fully saturated rings. The summed E-state index contributed by atoms with van der Waals surface area (Å²) in [7, 11) is 0. The summed E-state index contributed by atoms with van der Waals surface area (Å²) in [6, 6.07) is 26.2. The molecule has 2 saturated heterocycles. The van der Waals surface area contributed by atoms with Crippen LogP contribution in [0, 0.1) is 0 Å². The van der Waals surface area contributed by atoms with Crippen LogP contribution in [-0.2, 0) is 24.4 Å². The predicted octanol–water partition coefficient (Wildman–Crippen LogP) is 4.99. The van der Waals surface area contributed by atoms with Gasteiger partial charge in [0, 0.05) is 25.2 Å². The molecule has 3 aromatic rings. The van der Waals surface area contributed by atoms with Crippen LogP contribution in [0.5, 0.6) is 0 Å². The Hall–Kier alpha value is -3.09. The van der Waals surface area contributed by atoms with E-state index in [9.17, 15) is 9.59 Å². The molecule has 2 aliphatic rings. The maximum Gasteiger partial charge on any atom is 0.251 e. The molecule has 0 spiro atoms. The van der Waals surface area contributed by atoms with Crippen molar-refractivity contribution in [2.75, 3.05) is 18.8 Å². The fourth-order valence-electron chi connectivity index (χ4n) is 4.73. The average molecular weight is 486 g/mol. The molecule has 5 rings (SSSR count). The lowest BCUT2D eigenvalue weighted by molar-refractivity contribution is -0.128. The summed E-state index contributed by atoms with van der Waals surface area (Å²) in [4.78, 5) is 29.6. The molecule has 2 amide bonds. The first kappa shape index (κ1) is 23.6. The van der Waals surface area contributed by atoms with Crippen molar-refractivity contribution in [2.45, 2.75) is 37.8 Å². The van der Waals surface area contributed by atoms with E-state index in [1.165, 1.54) is 31.5 Å². The largest absolute Gasteiger partial charge is 0.348 e. The van der Waals surface area contributed by atoms with Crippen molar-refractivity contribution in [1.82, 2.24) is 15.1 Å². The van der Waals surface area contributed by atoms with E-state index >= 15 is 0 Å². The lowest BCUT2D eigenvalue weighted by Crippen LogP contribution is -2.27. The van der Waals surface area contributed by atoms with Crippen LogP contribution in [0.4, 0.5) is 0 Å². The van der Waals surface area contributed by atoms with Gasteiger partial charge >= 0.3 is 0 Å². The summed E-state index contributed by atoms with van der Waals surface area (Å²) in [5.41, 5.74) is 5.21. The second kappa shape index (κ2) is 11.1. The zero-order chi connectivity index (χ0) is 24.0. The SMILES string of the molecule is O=C(NCc1ccc(CN2CCCC2)cc1)c1ccc([C@@H]2SCC(=O)N2Cc2ccccc2)cc1. The predicted molar refractivity (Wildman–Crippen MR) is 141 cm³/mol. The molecule has 0 bridgehead atoms. The molecule has 0 saturated carbocycles. The molecule has 0 aliphatic carbocycles. The topological polar surface area (TPSA) is 52.7 Å². The van der Waals surface area contributed by atoms with Gasteiger partial charge in [0.2, 0.25) is 5.91 Å². The maximum absolute atomic E-state index is 12.7. The molecule has 0 unspecified atom stereocenters. The Balaban J connectivity index is 1.16. The first-order valence-electron chi connectivity index (χ1n) is 12.3. The van der Waals surface area contributed by atoms with E-state index < -0.39 is 0 Å².